The Labute approximate surface area is 173 Å². The summed E-state index contributed by atoms with van der Waals surface area (Å²) in [4.78, 5) is 8.54. The first-order chi connectivity index (χ1) is 14.1. The number of benzene rings is 2. The van der Waals surface area contributed by atoms with E-state index in [4.69, 9.17) is 31.3 Å². The van der Waals surface area contributed by atoms with Gasteiger partial charge in [0.1, 0.15) is 6.54 Å². The predicted molar refractivity (Wildman–Crippen MR) is 111 cm³/mol. The normalized spacial score (nSPS) is 11.3. The molecular formula is C20H22ClN5O3. The number of aliphatic imine (C=N–C) groups is 1. The van der Waals surface area contributed by atoms with E-state index in [0.29, 0.717) is 40.7 Å². The Bertz CT molecular complexity index is 973. The number of rotatable bonds is 8. The third-order valence-electron chi connectivity index (χ3n) is 4.12. The van der Waals surface area contributed by atoms with Crippen molar-refractivity contribution >= 4 is 17.6 Å². The number of guanidine groups is 1. The zero-order chi connectivity index (χ0) is 20.6. The van der Waals surface area contributed by atoms with Crippen LogP contribution in [0.15, 0.2) is 52.0 Å². The Balaban J connectivity index is 1.50. The molecular weight excluding hydrogens is 394 g/mol. The van der Waals surface area contributed by atoms with Crippen molar-refractivity contribution in [1.29, 1.82) is 0 Å². The van der Waals surface area contributed by atoms with E-state index in [-0.39, 0.29) is 6.54 Å². The lowest BCUT2D eigenvalue weighted by Gasteiger charge is -2.10. The molecule has 152 valence electrons. The lowest BCUT2D eigenvalue weighted by molar-refractivity contribution is 0.354. The van der Waals surface area contributed by atoms with E-state index in [0.717, 1.165) is 17.5 Å². The zero-order valence-electron chi connectivity index (χ0n) is 16.2. The number of halogens is 1. The molecule has 1 heterocycles. The summed E-state index contributed by atoms with van der Waals surface area (Å²) in [6, 6.07) is 13.0. The van der Waals surface area contributed by atoms with Crippen LogP contribution in [-0.2, 0) is 13.0 Å². The van der Waals surface area contributed by atoms with E-state index in [1.807, 2.05) is 30.3 Å². The number of ether oxygens (including phenoxy) is 2. The predicted octanol–water partition coefficient (Wildman–Crippen LogP) is 3.05. The quantitative estimate of drug-likeness (QED) is 0.430. The van der Waals surface area contributed by atoms with E-state index in [1.54, 1.807) is 26.4 Å². The van der Waals surface area contributed by atoms with Gasteiger partial charge in [-0.3, -0.25) is 0 Å². The monoisotopic (exact) mass is 415 g/mol. The van der Waals surface area contributed by atoms with Gasteiger partial charge in [0.2, 0.25) is 11.7 Å². The molecule has 8 nitrogen and oxygen atoms in total. The summed E-state index contributed by atoms with van der Waals surface area (Å²) in [6.45, 7) is 0.806. The molecule has 0 spiro atoms. The van der Waals surface area contributed by atoms with E-state index in [9.17, 15) is 0 Å². The maximum Gasteiger partial charge on any atom is 0.248 e. The van der Waals surface area contributed by atoms with Crippen molar-refractivity contribution in [3.63, 3.8) is 0 Å². The van der Waals surface area contributed by atoms with Gasteiger partial charge < -0.3 is 25.0 Å². The van der Waals surface area contributed by atoms with Crippen LogP contribution in [0.1, 0.15) is 11.5 Å². The second kappa shape index (κ2) is 9.79. The maximum absolute atomic E-state index is 5.91. The van der Waals surface area contributed by atoms with E-state index >= 15 is 0 Å². The molecule has 2 aromatic carbocycles. The SMILES string of the molecule is COc1ccc(CCNC(N)=NCc2nc(-c3ccc(Cl)cc3)no2)cc1OC. The molecule has 0 unspecified atom stereocenters. The van der Waals surface area contributed by atoms with Gasteiger partial charge in [0.05, 0.1) is 14.2 Å². The first kappa shape index (κ1) is 20.5. The van der Waals surface area contributed by atoms with Gasteiger partial charge in [-0.1, -0.05) is 22.8 Å². The Morgan fingerprint density at radius 2 is 1.90 bits per heavy atom. The van der Waals surface area contributed by atoms with Crippen LogP contribution in [0, 0.1) is 0 Å². The molecule has 3 rings (SSSR count). The highest BCUT2D eigenvalue weighted by atomic mass is 35.5. The van der Waals surface area contributed by atoms with Crippen molar-refractivity contribution in [2.45, 2.75) is 13.0 Å². The molecule has 1 aromatic heterocycles. The van der Waals surface area contributed by atoms with Gasteiger partial charge in [0.25, 0.3) is 0 Å². The highest BCUT2D eigenvalue weighted by Gasteiger charge is 2.08. The number of methoxy groups -OCH3 is 2. The minimum absolute atomic E-state index is 0.190. The van der Waals surface area contributed by atoms with Crippen molar-refractivity contribution in [3.8, 4) is 22.9 Å². The summed E-state index contributed by atoms with van der Waals surface area (Å²) in [5, 5.41) is 7.66. The van der Waals surface area contributed by atoms with Crippen molar-refractivity contribution in [2.75, 3.05) is 20.8 Å². The highest BCUT2D eigenvalue weighted by molar-refractivity contribution is 6.30. The van der Waals surface area contributed by atoms with Crippen LogP contribution < -0.4 is 20.5 Å². The Kier molecular flexibility index (Phi) is 6.91. The van der Waals surface area contributed by atoms with Crippen LogP contribution in [0.25, 0.3) is 11.4 Å². The number of nitrogens with two attached hydrogens (primary N) is 1. The fourth-order valence-corrected chi connectivity index (χ4v) is 2.74. The molecule has 0 saturated heterocycles. The molecule has 0 bridgehead atoms. The number of hydrogen-bond donors (Lipinski definition) is 2. The van der Waals surface area contributed by atoms with Crippen molar-refractivity contribution < 1.29 is 14.0 Å². The first-order valence-corrected chi connectivity index (χ1v) is 9.30. The fraction of sp³-hybridized carbons (Fsp3) is 0.250. The van der Waals surface area contributed by atoms with E-state index in [1.165, 1.54) is 0 Å². The number of aromatic nitrogens is 2. The molecule has 0 aliphatic rings. The summed E-state index contributed by atoms with van der Waals surface area (Å²) in [5.41, 5.74) is 7.82. The summed E-state index contributed by atoms with van der Waals surface area (Å²) in [6.07, 6.45) is 0.748. The molecule has 0 fully saturated rings. The maximum atomic E-state index is 5.91. The minimum atomic E-state index is 0.190. The molecule has 9 heteroatoms. The lowest BCUT2D eigenvalue weighted by atomic mass is 10.1. The molecule has 0 aliphatic carbocycles. The smallest absolute Gasteiger partial charge is 0.248 e. The van der Waals surface area contributed by atoms with Crippen LogP contribution in [0.3, 0.4) is 0 Å². The topological polar surface area (TPSA) is 108 Å². The molecule has 0 saturated carbocycles. The van der Waals surface area contributed by atoms with Gasteiger partial charge in [0.15, 0.2) is 17.5 Å². The molecule has 29 heavy (non-hydrogen) atoms. The minimum Gasteiger partial charge on any atom is -0.493 e. The van der Waals surface area contributed by atoms with Crippen molar-refractivity contribution in [3.05, 3.63) is 58.9 Å². The second-order valence-corrected chi connectivity index (χ2v) is 6.52. The molecule has 0 radical (unpaired) electrons. The number of hydrogen-bond acceptors (Lipinski definition) is 6. The Morgan fingerprint density at radius 3 is 2.62 bits per heavy atom. The third-order valence-corrected chi connectivity index (χ3v) is 4.37. The van der Waals surface area contributed by atoms with Gasteiger partial charge in [0, 0.05) is 17.1 Å². The van der Waals surface area contributed by atoms with E-state index < -0.39 is 0 Å². The van der Waals surface area contributed by atoms with Gasteiger partial charge in [-0.05, 0) is 48.4 Å². The second-order valence-electron chi connectivity index (χ2n) is 6.09. The van der Waals surface area contributed by atoms with Crippen LogP contribution in [0.4, 0.5) is 0 Å². The largest absolute Gasteiger partial charge is 0.493 e. The van der Waals surface area contributed by atoms with Crippen molar-refractivity contribution in [2.24, 2.45) is 10.7 Å². The van der Waals surface area contributed by atoms with Gasteiger partial charge in [-0.15, -0.1) is 0 Å². The number of nitrogens with zero attached hydrogens (tertiary/aromatic N) is 3. The molecule has 0 aliphatic heterocycles. The van der Waals surface area contributed by atoms with Gasteiger partial charge in [-0.25, -0.2) is 4.99 Å². The average Bonchev–Trinajstić information content (AvgIpc) is 3.21. The Hall–Kier alpha value is -3.26. The summed E-state index contributed by atoms with van der Waals surface area (Å²) >= 11 is 5.88. The van der Waals surface area contributed by atoms with Crippen LogP contribution in [-0.4, -0.2) is 36.9 Å². The lowest BCUT2D eigenvalue weighted by Crippen LogP contribution is -2.33. The number of nitrogens with one attached hydrogen (secondary N) is 1. The van der Waals surface area contributed by atoms with Crippen LogP contribution >= 0.6 is 11.6 Å². The average molecular weight is 416 g/mol. The van der Waals surface area contributed by atoms with Gasteiger partial charge >= 0.3 is 0 Å². The first-order valence-electron chi connectivity index (χ1n) is 8.92. The van der Waals surface area contributed by atoms with Crippen LogP contribution in [0.5, 0.6) is 11.5 Å². The zero-order valence-corrected chi connectivity index (χ0v) is 16.9. The molecule has 0 amide bonds. The summed E-state index contributed by atoms with van der Waals surface area (Å²) in [7, 11) is 3.22. The van der Waals surface area contributed by atoms with E-state index in [2.05, 4.69) is 20.4 Å². The van der Waals surface area contributed by atoms with Crippen LogP contribution in [0.2, 0.25) is 5.02 Å². The summed E-state index contributed by atoms with van der Waals surface area (Å²) < 4.78 is 15.8. The summed E-state index contributed by atoms with van der Waals surface area (Å²) in [5.74, 6) is 2.55. The molecule has 3 N–H and O–H groups in total. The van der Waals surface area contributed by atoms with Crippen molar-refractivity contribution in [1.82, 2.24) is 15.5 Å². The standard InChI is InChI=1S/C20H22ClN5O3/c1-27-16-8-3-13(11-17(16)28-2)9-10-23-20(22)24-12-18-25-19(26-29-18)14-4-6-15(21)7-5-14/h3-8,11H,9-10,12H2,1-2H3,(H3,22,23,24). The molecule has 3 aromatic rings. The molecule has 0 atom stereocenters. The fourth-order valence-electron chi connectivity index (χ4n) is 2.62. The Morgan fingerprint density at radius 1 is 1.14 bits per heavy atom. The highest BCUT2D eigenvalue weighted by Crippen LogP contribution is 2.27. The third kappa shape index (κ3) is 5.61. The van der Waals surface area contributed by atoms with Gasteiger partial charge in [-0.2, -0.15) is 4.98 Å².